The second-order valence-electron chi connectivity index (χ2n) is 6.36. The van der Waals surface area contributed by atoms with Gasteiger partial charge in [0, 0.05) is 25.7 Å². The van der Waals surface area contributed by atoms with Crippen molar-refractivity contribution in [3.05, 3.63) is 35.4 Å². The van der Waals surface area contributed by atoms with Gasteiger partial charge in [0.05, 0.1) is 5.75 Å². The highest BCUT2D eigenvalue weighted by Gasteiger charge is 2.29. The van der Waals surface area contributed by atoms with Crippen molar-refractivity contribution >= 4 is 10.0 Å². The molecule has 0 aliphatic carbocycles. The van der Waals surface area contributed by atoms with Gasteiger partial charge in [-0.05, 0) is 23.5 Å². The zero-order valence-electron chi connectivity index (χ0n) is 13.2. The molecule has 2 rings (SSSR count). The van der Waals surface area contributed by atoms with Gasteiger partial charge >= 0.3 is 0 Å². The second kappa shape index (κ2) is 6.90. The Bertz CT molecular complexity index is 552. The Hall–Kier alpha value is -0.910. The van der Waals surface area contributed by atoms with Gasteiger partial charge in [-0.3, -0.25) is 0 Å². The number of rotatable bonds is 6. The van der Waals surface area contributed by atoms with Crippen LogP contribution in [0.2, 0.25) is 0 Å². The van der Waals surface area contributed by atoms with E-state index in [1.165, 1.54) is 5.56 Å². The maximum atomic E-state index is 12.4. The molecule has 1 aromatic carbocycles. The molecule has 4 nitrogen and oxygen atoms in total. The number of benzene rings is 1. The van der Waals surface area contributed by atoms with E-state index in [1.54, 1.807) is 4.31 Å². The van der Waals surface area contributed by atoms with Gasteiger partial charge in [0.25, 0.3) is 0 Å². The first-order chi connectivity index (χ1) is 9.87. The van der Waals surface area contributed by atoms with Crippen LogP contribution < -0.4 is 5.32 Å². The molecule has 0 bridgehead atoms. The van der Waals surface area contributed by atoms with E-state index >= 15 is 0 Å². The molecular weight excluding hydrogens is 284 g/mol. The molecule has 0 aromatic heterocycles. The number of nitrogens with zero attached hydrogens (tertiary/aromatic N) is 1. The molecule has 1 atom stereocenters. The van der Waals surface area contributed by atoms with E-state index in [0.717, 1.165) is 18.5 Å². The molecule has 0 amide bonds. The minimum atomic E-state index is -3.17. The Labute approximate surface area is 128 Å². The van der Waals surface area contributed by atoms with Crippen LogP contribution in [-0.2, 0) is 22.3 Å². The van der Waals surface area contributed by atoms with Crippen LogP contribution in [0.25, 0.3) is 0 Å². The van der Waals surface area contributed by atoms with Crippen molar-refractivity contribution < 1.29 is 8.42 Å². The number of nitrogens with one attached hydrogen (secondary N) is 1. The smallest absolute Gasteiger partial charge is 0.218 e. The summed E-state index contributed by atoms with van der Waals surface area (Å²) in [5, 5.41) is 3.35. The minimum Gasteiger partial charge on any atom is -0.310 e. The first-order valence-electron chi connectivity index (χ1n) is 7.66. The molecule has 1 N–H and O–H groups in total. The lowest BCUT2D eigenvalue weighted by atomic mass is 10.1. The van der Waals surface area contributed by atoms with Gasteiger partial charge in [-0.1, -0.05) is 45.0 Å². The summed E-state index contributed by atoms with van der Waals surface area (Å²) in [6.45, 7) is 8.47. The average molecular weight is 310 g/mol. The van der Waals surface area contributed by atoms with Gasteiger partial charge in [-0.25, -0.2) is 12.7 Å². The molecule has 1 saturated heterocycles. The predicted octanol–water partition coefficient (Wildman–Crippen LogP) is 2.36. The Morgan fingerprint density at radius 3 is 2.38 bits per heavy atom. The van der Waals surface area contributed by atoms with Gasteiger partial charge in [0.2, 0.25) is 10.0 Å². The highest BCUT2D eigenvalue weighted by atomic mass is 32.2. The molecule has 0 saturated carbocycles. The summed E-state index contributed by atoms with van der Waals surface area (Å²) >= 11 is 0. The van der Waals surface area contributed by atoms with Crippen LogP contribution in [0.1, 0.15) is 38.3 Å². The Morgan fingerprint density at radius 1 is 1.24 bits per heavy atom. The lowest BCUT2D eigenvalue weighted by Gasteiger charge is -2.16. The molecule has 21 heavy (non-hydrogen) atoms. The zero-order valence-corrected chi connectivity index (χ0v) is 14.0. The van der Waals surface area contributed by atoms with Crippen LogP contribution >= 0.6 is 0 Å². The quantitative estimate of drug-likeness (QED) is 0.877. The van der Waals surface area contributed by atoms with E-state index < -0.39 is 10.0 Å². The maximum absolute atomic E-state index is 12.4. The Morgan fingerprint density at radius 2 is 1.86 bits per heavy atom. The summed E-state index contributed by atoms with van der Waals surface area (Å²) in [4.78, 5) is 0. The van der Waals surface area contributed by atoms with E-state index in [9.17, 15) is 8.42 Å². The molecule has 118 valence electrons. The molecule has 1 unspecified atom stereocenters. The van der Waals surface area contributed by atoms with Gasteiger partial charge in [0.1, 0.15) is 0 Å². The maximum Gasteiger partial charge on any atom is 0.218 e. The van der Waals surface area contributed by atoms with E-state index in [2.05, 4.69) is 26.1 Å². The lowest BCUT2D eigenvalue weighted by molar-refractivity contribution is 0.463. The molecule has 5 heteroatoms. The third kappa shape index (κ3) is 4.80. The van der Waals surface area contributed by atoms with Crippen molar-refractivity contribution in [2.24, 2.45) is 5.92 Å². The van der Waals surface area contributed by atoms with Crippen LogP contribution in [0.15, 0.2) is 24.3 Å². The molecular formula is C16H26N2O2S. The summed E-state index contributed by atoms with van der Waals surface area (Å²) in [5.74, 6) is 0.585. The fraction of sp³-hybridized carbons (Fsp3) is 0.625. The van der Waals surface area contributed by atoms with E-state index in [0.29, 0.717) is 25.0 Å². The summed E-state index contributed by atoms with van der Waals surface area (Å²) in [6, 6.07) is 8.31. The van der Waals surface area contributed by atoms with Crippen molar-refractivity contribution in [1.29, 1.82) is 0 Å². The predicted molar refractivity (Wildman–Crippen MR) is 86.4 cm³/mol. The van der Waals surface area contributed by atoms with Crippen molar-refractivity contribution in [2.45, 2.75) is 45.5 Å². The molecule has 1 heterocycles. The molecule has 1 aliphatic heterocycles. The van der Waals surface area contributed by atoms with Gasteiger partial charge in [0.15, 0.2) is 0 Å². The third-order valence-corrected chi connectivity index (χ3v) is 5.68. The molecule has 1 aliphatic rings. The van der Waals surface area contributed by atoms with Crippen LogP contribution in [0.4, 0.5) is 0 Å². The van der Waals surface area contributed by atoms with Crippen molar-refractivity contribution in [3.63, 3.8) is 0 Å². The molecule has 1 fully saturated rings. The largest absolute Gasteiger partial charge is 0.310 e. The summed E-state index contributed by atoms with van der Waals surface area (Å²) in [7, 11) is -3.17. The third-order valence-electron chi connectivity index (χ3n) is 3.87. The van der Waals surface area contributed by atoms with Crippen LogP contribution in [0.3, 0.4) is 0 Å². The van der Waals surface area contributed by atoms with Gasteiger partial charge in [-0.15, -0.1) is 0 Å². The highest BCUT2D eigenvalue weighted by molar-refractivity contribution is 7.88. The summed E-state index contributed by atoms with van der Waals surface area (Å²) < 4.78 is 26.4. The lowest BCUT2D eigenvalue weighted by Crippen LogP contribution is -2.29. The first kappa shape index (κ1) is 16.5. The number of hydrogen-bond donors (Lipinski definition) is 1. The highest BCUT2D eigenvalue weighted by Crippen LogP contribution is 2.21. The van der Waals surface area contributed by atoms with Crippen LogP contribution in [0.5, 0.6) is 0 Å². The van der Waals surface area contributed by atoms with Crippen molar-refractivity contribution in [1.82, 2.24) is 9.62 Å². The fourth-order valence-electron chi connectivity index (χ4n) is 2.52. The topological polar surface area (TPSA) is 49.4 Å². The normalized spacial score (nSPS) is 20.3. The van der Waals surface area contributed by atoms with Gasteiger partial charge < -0.3 is 5.32 Å². The molecule has 0 radical (unpaired) electrons. The van der Waals surface area contributed by atoms with Crippen molar-refractivity contribution in [3.8, 4) is 0 Å². The van der Waals surface area contributed by atoms with E-state index in [1.807, 2.05) is 24.3 Å². The monoisotopic (exact) mass is 310 g/mol. The number of sulfonamides is 1. The molecule has 1 aromatic rings. The standard InChI is InChI=1S/C16H26N2O2S/c1-13(2)17-10-15-4-6-16(7-5-15)12-21(19,20)18-9-8-14(3)11-18/h4-7,13-14,17H,8-12H2,1-3H3. The SMILES string of the molecule is CC1CCN(S(=O)(=O)Cc2ccc(CNC(C)C)cc2)C1. The second-order valence-corrected chi connectivity index (χ2v) is 8.33. The number of hydrogen-bond acceptors (Lipinski definition) is 3. The molecule has 0 spiro atoms. The minimum absolute atomic E-state index is 0.109. The summed E-state index contributed by atoms with van der Waals surface area (Å²) in [5.41, 5.74) is 2.04. The van der Waals surface area contributed by atoms with Crippen molar-refractivity contribution in [2.75, 3.05) is 13.1 Å². The van der Waals surface area contributed by atoms with Crippen LogP contribution in [0, 0.1) is 5.92 Å². The first-order valence-corrected chi connectivity index (χ1v) is 9.27. The van der Waals surface area contributed by atoms with Gasteiger partial charge in [-0.2, -0.15) is 0 Å². The zero-order chi connectivity index (χ0) is 15.5. The van der Waals surface area contributed by atoms with E-state index in [4.69, 9.17) is 0 Å². The Kier molecular flexibility index (Phi) is 5.41. The summed E-state index contributed by atoms with van der Waals surface area (Å²) in [6.07, 6.45) is 0.971. The Balaban J connectivity index is 1.96. The average Bonchev–Trinajstić information content (AvgIpc) is 2.85. The fourth-order valence-corrected chi connectivity index (χ4v) is 4.19. The van der Waals surface area contributed by atoms with Crippen LogP contribution in [-0.4, -0.2) is 31.9 Å². The van der Waals surface area contributed by atoms with E-state index in [-0.39, 0.29) is 5.75 Å².